The van der Waals surface area contributed by atoms with Crippen LogP contribution < -0.4 is 9.47 Å². The molecule has 2 rings (SSSR count). The van der Waals surface area contributed by atoms with E-state index >= 15 is 0 Å². The summed E-state index contributed by atoms with van der Waals surface area (Å²) < 4.78 is 22.3. The van der Waals surface area contributed by atoms with E-state index in [0.717, 1.165) is 22.8 Å². The topological polar surface area (TPSA) is 35.5 Å². The summed E-state index contributed by atoms with van der Waals surface area (Å²) in [5.74, 6) is 3.76. The van der Waals surface area contributed by atoms with E-state index in [4.69, 9.17) is 9.47 Å². The summed E-state index contributed by atoms with van der Waals surface area (Å²) in [5.41, 5.74) is 2.32. The molecule has 1 unspecified atom stereocenters. The van der Waals surface area contributed by atoms with Gasteiger partial charge in [-0.3, -0.25) is 4.21 Å². The van der Waals surface area contributed by atoms with Crippen LogP contribution in [0.1, 0.15) is 11.1 Å². The first-order chi connectivity index (χ1) is 12.2. The van der Waals surface area contributed by atoms with Crippen LogP contribution in [0, 0.1) is 0 Å². The van der Waals surface area contributed by atoms with Crippen LogP contribution >= 0.6 is 21.6 Å². The first-order valence-corrected chi connectivity index (χ1v) is 11.6. The molecule has 0 saturated carbocycles. The minimum atomic E-state index is -0.889. The maximum atomic E-state index is 12.1. The van der Waals surface area contributed by atoms with Gasteiger partial charge in [0.1, 0.15) is 11.5 Å². The molecule has 0 aliphatic heterocycles. The first-order valence-electron chi connectivity index (χ1n) is 7.75. The summed E-state index contributed by atoms with van der Waals surface area (Å²) >= 11 is 0. The highest BCUT2D eigenvalue weighted by Gasteiger charge is 2.00. The molecule has 0 aliphatic carbocycles. The van der Waals surface area contributed by atoms with E-state index in [1.165, 1.54) is 5.56 Å². The molecule has 0 N–H and O–H groups in total. The molecule has 134 valence electrons. The highest BCUT2D eigenvalue weighted by atomic mass is 33.1. The average Bonchev–Trinajstić information content (AvgIpc) is 2.65. The van der Waals surface area contributed by atoms with Crippen molar-refractivity contribution in [1.29, 1.82) is 0 Å². The Hall–Kier alpha value is -1.37. The van der Waals surface area contributed by atoms with E-state index in [0.29, 0.717) is 11.5 Å². The molecule has 0 aromatic heterocycles. The predicted molar refractivity (Wildman–Crippen MR) is 111 cm³/mol. The zero-order valence-electron chi connectivity index (χ0n) is 14.3. The molecule has 3 nitrogen and oxygen atoms in total. The van der Waals surface area contributed by atoms with E-state index in [1.807, 2.05) is 47.9 Å². The van der Waals surface area contributed by atoms with Gasteiger partial charge in [0.05, 0.1) is 14.2 Å². The van der Waals surface area contributed by atoms with Gasteiger partial charge in [-0.1, -0.05) is 51.9 Å². The maximum Gasteiger partial charge on any atom is 0.118 e. The number of methoxy groups -OCH3 is 2. The third kappa shape index (κ3) is 7.59. The van der Waals surface area contributed by atoms with Gasteiger partial charge in [0, 0.05) is 28.1 Å². The predicted octanol–water partition coefficient (Wildman–Crippen LogP) is 5.05. The van der Waals surface area contributed by atoms with Crippen LogP contribution in [-0.4, -0.2) is 24.2 Å². The maximum absolute atomic E-state index is 12.1. The van der Waals surface area contributed by atoms with Crippen LogP contribution in [0.2, 0.25) is 0 Å². The normalized spacial score (nSPS) is 12.2. The van der Waals surface area contributed by atoms with Gasteiger partial charge in [-0.25, -0.2) is 0 Å². The summed E-state index contributed by atoms with van der Waals surface area (Å²) in [6.45, 7) is 0. The molecule has 0 fully saturated rings. The molecular weight excluding hydrogens is 372 g/mol. The lowest BCUT2D eigenvalue weighted by atomic mass is 10.2. The summed E-state index contributed by atoms with van der Waals surface area (Å²) in [6, 6.07) is 15.8. The van der Waals surface area contributed by atoms with Crippen LogP contribution in [-0.2, 0) is 22.3 Å². The van der Waals surface area contributed by atoms with Crippen LogP contribution in [0.15, 0.2) is 60.0 Å². The molecule has 25 heavy (non-hydrogen) atoms. The van der Waals surface area contributed by atoms with Gasteiger partial charge >= 0.3 is 0 Å². The van der Waals surface area contributed by atoms with Crippen molar-refractivity contribution in [3.8, 4) is 11.5 Å². The first kappa shape index (κ1) is 19.9. The van der Waals surface area contributed by atoms with Crippen LogP contribution in [0.5, 0.6) is 11.5 Å². The Morgan fingerprint density at radius 1 is 0.920 bits per heavy atom. The van der Waals surface area contributed by atoms with E-state index in [2.05, 4.69) is 12.1 Å². The van der Waals surface area contributed by atoms with Crippen molar-refractivity contribution in [3.05, 3.63) is 71.1 Å². The number of benzene rings is 2. The molecular formula is C19H22O3S3. The summed E-state index contributed by atoms with van der Waals surface area (Å²) in [7, 11) is 5.84. The number of ether oxygens (including phenoxy) is 2. The molecule has 6 heteroatoms. The van der Waals surface area contributed by atoms with E-state index in [1.54, 1.807) is 35.8 Å². The van der Waals surface area contributed by atoms with Crippen molar-refractivity contribution >= 4 is 32.4 Å². The largest absolute Gasteiger partial charge is 0.497 e. The average molecular weight is 395 g/mol. The SMILES string of the molecule is COc1ccc(CSSC=CCS(=O)Cc2ccc(OC)cc2)cc1. The molecule has 0 radical (unpaired) electrons. The Balaban J connectivity index is 1.63. The molecule has 0 saturated heterocycles. The van der Waals surface area contributed by atoms with Gasteiger partial charge in [-0.15, -0.1) is 0 Å². The molecule has 0 heterocycles. The molecule has 2 aromatic carbocycles. The lowest BCUT2D eigenvalue weighted by Gasteiger charge is -2.03. The second-order valence-corrected chi connectivity index (χ2v) is 8.95. The Morgan fingerprint density at radius 2 is 1.48 bits per heavy atom. The Morgan fingerprint density at radius 3 is 2.04 bits per heavy atom. The fourth-order valence-electron chi connectivity index (χ4n) is 2.02. The third-order valence-electron chi connectivity index (χ3n) is 3.37. The highest BCUT2D eigenvalue weighted by Crippen LogP contribution is 2.27. The second-order valence-electron chi connectivity index (χ2n) is 5.18. The summed E-state index contributed by atoms with van der Waals surface area (Å²) in [4.78, 5) is 0. The van der Waals surface area contributed by atoms with Crippen molar-refractivity contribution in [2.45, 2.75) is 11.5 Å². The van der Waals surface area contributed by atoms with Crippen molar-refractivity contribution in [3.63, 3.8) is 0 Å². The van der Waals surface area contributed by atoms with Gasteiger partial charge in [0.25, 0.3) is 0 Å². The minimum Gasteiger partial charge on any atom is -0.497 e. The molecule has 0 amide bonds. The number of rotatable bonds is 10. The Labute approximate surface area is 160 Å². The van der Waals surface area contributed by atoms with Crippen molar-refractivity contribution < 1.29 is 13.7 Å². The van der Waals surface area contributed by atoms with Crippen molar-refractivity contribution in [2.75, 3.05) is 20.0 Å². The van der Waals surface area contributed by atoms with Crippen LogP contribution in [0.25, 0.3) is 0 Å². The van der Waals surface area contributed by atoms with Gasteiger partial charge in [0.15, 0.2) is 0 Å². The van der Waals surface area contributed by atoms with Crippen LogP contribution in [0.3, 0.4) is 0 Å². The summed E-state index contributed by atoms with van der Waals surface area (Å²) in [5, 5.41) is 2.01. The van der Waals surface area contributed by atoms with E-state index < -0.39 is 10.8 Å². The standard InChI is InChI=1S/C19H22O3S3/c1-21-18-8-4-16(5-9-18)14-24-23-12-3-13-25(20)15-17-6-10-19(22-2)11-7-17/h3-12H,13-15H2,1-2H3. The minimum absolute atomic E-state index is 0.567. The molecule has 2 aromatic rings. The smallest absolute Gasteiger partial charge is 0.118 e. The second kappa shape index (κ2) is 11.3. The Kier molecular flexibility index (Phi) is 9.00. The highest BCUT2D eigenvalue weighted by molar-refractivity contribution is 8.77. The zero-order valence-corrected chi connectivity index (χ0v) is 16.8. The fourth-order valence-corrected chi connectivity index (χ4v) is 4.86. The Bertz CT molecular complexity index is 682. The quantitative estimate of drug-likeness (QED) is 0.416. The van der Waals surface area contributed by atoms with Gasteiger partial charge in [0.2, 0.25) is 0 Å². The molecule has 1 atom stereocenters. The van der Waals surface area contributed by atoms with Gasteiger partial charge < -0.3 is 9.47 Å². The summed E-state index contributed by atoms with van der Waals surface area (Å²) in [6.07, 6.45) is 1.98. The van der Waals surface area contributed by atoms with Crippen molar-refractivity contribution in [1.82, 2.24) is 0 Å². The molecule has 0 spiro atoms. The van der Waals surface area contributed by atoms with Crippen LogP contribution in [0.4, 0.5) is 0 Å². The third-order valence-corrected chi connectivity index (χ3v) is 6.58. The molecule has 0 bridgehead atoms. The van der Waals surface area contributed by atoms with Crippen molar-refractivity contribution in [2.24, 2.45) is 0 Å². The number of hydrogen-bond donors (Lipinski definition) is 0. The van der Waals surface area contributed by atoms with Gasteiger partial charge in [-0.05, 0) is 40.8 Å². The fraction of sp³-hybridized carbons (Fsp3) is 0.263. The van der Waals surface area contributed by atoms with E-state index in [9.17, 15) is 4.21 Å². The lowest BCUT2D eigenvalue weighted by molar-refractivity contribution is 0.414. The number of hydrogen-bond acceptors (Lipinski definition) is 5. The molecule has 0 aliphatic rings. The zero-order chi connectivity index (χ0) is 17.9. The monoisotopic (exact) mass is 394 g/mol. The lowest BCUT2D eigenvalue weighted by Crippen LogP contribution is -1.98. The van der Waals surface area contributed by atoms with E-state index in [-0.39, 0.29) is 0 Å². The van der Waals surface area contributed by atoms with Gasteiger partial charge in [-0.2, -0.15) is 0 Å².